The molecule has 0 aliphatic carbocycles. The third-order valence-electron chi connectivity index (χ3n) is 3.59. The van der Waals surface area contributed by atoms with Crippen LogP contribution in [0, 0.1) is 0 Å². The number of nitrogens with zero attached hydrogens (tertiary/aromatic N) is 2. The Morgan fingerprint density at radius 2 is 2.05 bits per heavy atom. The van der Waals surface area contributed by atoms with Gasteiger partial charge in [0.25, 0.3) is 0 Å². The molecule has 0 amide bonds. The molecule has 0 N–H and O–H groups in total. The Balaban J connectivity index is 2.03. The van der Waals surface area contributed by atoms with Gasteiger partial charge in [0.1, 0.15) is 5.82 Å². The van der Waals surface area contributed by atoms with Crippen molar-refractivity contribution in [2.45, 2.75) is 35.6 Å². The summed E-state index contributed by atoms with van der Waals surface area (Å²) in [6.45, 7) is 1.12. The smallest absolute Gasteiger partial charge is 0.109 e. The zero-order chi connectivity index (χ0) is 13.2. The van der Waals surface area contributed by atoms with E-state index in [0.717, 1.165) is 18.7 Å². The second kappa shape index (κ2) is 5.63. The second-order valence-electron chi connectivity index (χ2n) is 4.76. The molecule has 0 spiro atoms. The second-order valence-corrected chi connectivity index (χ2v) is 6.49. The highest BCUT2D eigenvalue weighted by Crippen LogP contribution is 2.33. The van der Waals surface area contributed by atoms with E-state index in [-0.39, 0.29) is 0 Å². The Bertz CT molecular complexity index is 566. The van der Waals surface area contributed by atoms with E-state index in [2.05, 4.69) is 41.5 Å². The van der Waals surface area contributed by atoms with Gasteiger partial charge in [0.15, 0.2) is 0 Å². The first kappa shape index (κ1) is 13.1. The molecule has 1 aliphatic rings. The number of benzene rings is 1. The molecule has 0 saturated carbocycles. The van der Waals surface area contributed by atoms with Crippen LogP contribution >= 0.6 is 23.5 Å². The predicted molar refractivity (Wildman–Crippen MR) is 84.2 cm³/mol. The molecular weight excluding hydrogens is 272 g/mol. The molecule has 2 heterocycles. The topological polar surface area (TPSA) is 17.8 Å². The molecule has 0 fully saturated rings. The van der Waals surface area contributed by atoms with Crippen LogP contribution in [0.3, 0.4) is 0 Å². The van der Waals surface area contributed by atoms with Crippen LogP contribution in [0.4, 0.5) is 0 Å². The Labute approximate surface area is 123 Å². The van der Waals surface area contributed by atoms with Gasteiger partial charge in [-0.05, 0) is 37.5 Å². The first-order valence-corrected chi connectivity index (χ1v) is 9.05. The van der Waals surface area contributed by atoms with Gasteiger partial charge >= 0.3 is 0 Å². The molecule has 1 aromatic heterocycles. The quantitative estimate of drug-likeness (QED) is 0.784. The minimum Gasteiger partial charge on any atom is -0.334 e. The van der Waals surface area contributed by atoms with E-state index in [1.165, 1.54) is 34.0 Å². The highest BCUT2D eigenvalue weighted by molar-refractivity contribution is 7.99. The minimum atomic E-state index is 1.12. The first-order valence-electron chi connectivity index (χ1n) is 6.60. The van der Waals surface area contributed by atoms with E-state index in [1.54, 1.807) is 23.5 Å². The largest absolute Gasteiger partial charge is 0.334 e. The summed E-state index contributed by atoms with van der Waals surface area (Å²) in [6.07, 6.45) is 10.2. The fourth-order valence-electron chi connectivity index (χ4n) is 2.55. The van der Waals surface area contributed by atoms with E-state index < -0.39 is 0 Å². The molecule has 2 aromatic rings. The zero-order valence-electron chi connectivity index (χ0n) is 11.3. The van der Waals surface area contributed by atoms with Crippen LogP contribution in [0.15, 0.2) is 34.2 Å². The van der Waals surface area contributed by atoms with Gasteiger partial charge in [-0.15, -0.1) is 23.5 Å². The maximum atomic E-state index is 4.83. The number of hydrogen-bond acceptors (Lipinski definition) is 3. The number of rotatable bonds is 3. The van der Waals surface area contributed by atoms with Gasteiger partial charge in [-0.25, -0.2) is 4.98 Å². The van der Waals surface area contributed by atoms with Crippen LogP contribution in [-0.2, 0) is 13.0 Å². The molecule has 4 heteroatoms. The van der Waals surface area contributed by atoms with Crippen molar-refractivity contribution in [3.63, 3.8) is 0 Å². The van der Waals surface area contributed by atoms with Crippen LogP contribution in [-0.4, -0.2) is 22.1 Å². The Kier molecular flexibility index (Phi) is 3.89. The lowest BCUT2D eigenvalue weighted by molar-refractivity contribution is 0.522. The summed E-state index contributed by atoms with van der Waals surface area (Å²) >= 11 is 3.59. The van der Waals surface area contributed by atoms with Crippen molar-refractivity contribution in [1.82, 2.24) is 9.55 Å². The number of imidazole rings is 1. The fourth-order valence-corrected chi connectivity index (χ4v) is 3.70. The van der Waals surface area contributed by atoms with Crippen LogP contribution in [0.1, 0.15) is 18.7 Å². The Hall–Kier alpha value is -0.870. The van der Waals surface area contributed by atoms with Crippen LogP contribution < -0.4 is 0 Å². The van der Waals surface area contributed by atoms with Gasteiger partial charge in [0.05, 0.1) is 5.69 Å². The molecule has 3 rings (SSSR count). The summed E-state index contributed by atoms with van der Waals surface area (Å²) < 4.78 is 2.32. The number of aromatic nitrogens is 2. The van der Waals surface area contributed by atoms with Crippen molar-refractivity contribution < 1.29 is 0 Å². The highest BCUT2D eigenvalue weighted by atomic mass is 32.2. The molecule has 0 saturated heterocycles. The van der Waals surface area contributed by atoms with E-state index in [4.69, 9.17) is 4.98 Å². The molecule has 100 valence electrons. The van der Waals surface area contributed by atoms with E-state index in [0.29, 0.717) is 0 Å². The predicted octanol–water partition coefficient (Wildman–Crippen LogP) is 4.33. The number of hydrogen-bond donors (Lipinski definition) is 0. The van der Waals surface area contributed by atoms with Gasteiger partial charge in [-0.3, -0.25) is 0 Å². The van der Waals surface area contributed by atoms with Gasteiger partial charge < -0.3 is 4.57 Å². The number of thioether (sulfide) groups is 2. The van der Waals surface area contributed by atoms with Crippen molar-refractivity contribution in [2.75, 3.05) is 12.5 Å². The van der Waals surface area contributed by atoms with E-state index in [9.17, 15) is 0 Å². The minimum absolute atomic E-state index is 1.12. The summed E-state index contributed by atoms with van der Waals surface area (Å²) in [6, 6.07) is 6.67. The highest BCUT2D eigenvalue weighted by Gasteiger charge is 2.15. The van der Waals surface area contributed by atoms with Crippen LogP contribution in [0.5, 0.6) is 0 Å². The molecule has 2 nitrogen and oxygen atoms in total. The summed E-state index contributed by atoms with van der Waals surface area (Å²) in [4.78, 5) is 7.47. The average Bonchev–Trinajstić information content (AvgIpc) is 2.90. The molecular formula is C15H18N2S2. The summed E-state index contributed by atoms with van der Waals surface area (Å²) in [5.41, 5.74) is 2.40. The normalized spacial score (nSPS) is 14.4. The van der Waals surface area contributed by atoms with E-state index in [1.807, 2.05) is 0 Å². The van der Waals surface area contributed by atoms with Crippen molar-refractivity contribution in [3.05, 3.63) is 30.2 Å². The maximum Gasteiger partial charge on any atom is 0.109 e. The zero-order valence-corrected chi connectivity index (χ0v) is 13.0. The monoisotopic (exact) mass is 290 g/mol. The number of fused-ring (bicyclic) bond motifs is 1. The van der Waals surface area contributed by atoms with Crippen molar-refractivity contribution in [2.24, 2.45) is 0 Å². The lowest BCUT2D eigenvalue weighted by Crippen LogP contribution is -2.08. The van der Waals surface area contributed by atoms with Gasteiger partial charge in [-0.2, -0.15) is 0 Å². The molecule has 0 atom stereocenters. The van der Waals surface area contributed by atoms with E-state index >= 15 is 0 Å². The van der Waals surface area contributed by atoms with Crippen LogP contribution in [0.2, 0.25) is 0 Å². The molecule has 19 heavy (non-hydrogen) atoms. The molecule has 0 radical (unpaired) electrons. The number of aryl methyl sites for hydroxylation is 2. The fraction of sp³-hybridized carbons (Fsp3) is 0.400. The molecule has 0 bridgehead atoms. The third kappa shape index (κ3) is 2.56. The van der Waals surface area contributed by atoms with Crippen molar-refractivity contribution in [1.29, 1.82) is 0 Å². The maximum absolute atomic E-state index is 4.83. The molecule has 1 aromatic carbocycles. The third-order valence-corrected chi connectivity index (χ3v) is 5.10. The standard InChI is InChI=1S/C15H18N2S2/c1-18-11-6-7-12(14(9-11)19-2)13-10-17-8-4-3-5-15(17)16-13/h6-7,9-10H,3-5,8H2,1-2H3. The summed E-state index contributed by atoms with van der Waals surface area (Å²) in [5.74, 6) is 1.25. The summed E-state index contributed by atoms with van der Waals surface area (Å²) in [5, 5.41) is 0. The first-order chi connectivity index (χ1) is 9.31. The lowest BCUT2D eigenvalue weighted by atomic mass is 10.2. The lowest BCUT2D eigenvalue weighted by Gasteiger charge is -2.11. The average molecular weight is 290 g/mol. The van der Waals surface area contributed by atoms with Crippen molar-refractivity contribution >= 4 is 23.5 Å². The Morgan fingerprint density at radius 3 is 2.79 bits per heavy atom. The van der Waals surface area contributed by atoms with Gasteiger partial charge in [0, 0.05) is 34.5 Å². The Morgan fingerprint density at radius 1 is 1.16 bits per heavy atom. The molecule has 1 aliphatic heterocycles. The molecule has 0 unspecified atom stereocenters. The van der Waals surface area contributed by atoms with Gasteiger partial charge in [0.2, 0.25) is 0 Å². The SMILES string of the molecule is CSc1ccc(-c2cn3c(n2)CCCC3)c(SC)c1. The van der Waals surface area contributed by atoms with Crippen LogP contribution in [0.25, 0.3) is 11.3 Å². The van der Waals surface area contributed by atoms with Crippen molar-refractivity contribution in [3.8, 4) is 11.3 Å². The summed E-state index contributed by atoms with van der Waals surface area (Å²) in [7, 11) is 0. The van der Waals surface area contributed by atoms with Gasteiger partial charge in [-0.1, -0.05) is 6.07 Å².